The number of phosphoric acid groups is 1. The van der Waals surface area contributed by atoms with Gasteiger partial charge in [0.05, 0.1) is 39.9 Å². The standard InChI is InChI=1S/C61H111N2O6P/c1-6-8-10-12-14-16-18-20-22-24-26-28-30-31-33-34-36-38-40-42-44-46-48-50-52-54-60(64)59(58-69-70(66,67)68-57-56-63(3,4)5)62-61(65)55-53-51-49-47-45-43-41-39-37-35-32-29-27-25-23-21-19-17-15-13-11-9-7-2/h9,11,15,17,21,23,27,29,35,37,44,46,52,54,59-60,64H,6-8,10,12-14,16,18-20,22,24-26,28,30-34,36,38-43,45,47-51,53,55-58H2,1-5H3,(H-,62,65,66,67)/p+1/b11-9-,17-15-,23-21-,29-27-,37-35-,46-44+,54-52+. The Kier molecular flexibility index (Phi) is 49.9. The van der Waals surface area contributed by atoms with E-state index >= 15 is 0 Å². The van der Waals surface area contributed by atoms with Crippen molar-refractivity contribution in [2.24, 2.45) is 0 Å². The van der Waals surface area contributed by atoms with Crippen molar-refractivity contribution in [3.63, 3.8) is 0 Å². The SMILES string of the molecule is CC/C=C\C/C=C\C/C=C\C/C=C\C/C=C\CCCCCCCCCC(=O)NC(COP(=O)(O)OCC[N+](C)(C)C)C(O)/C=C/CC/C=C/CCCCCCCCCCCCCCCCCCCCC. The van der Waals surface area contributed by atoms with Gasteiger partial charge in [-0.25, -0.2) is 4.57 Å². The molecule has 0 bridgehead atoms. The van der Waals surface area contributed by atoms with Gasteiger partial charge in [0.15, 0.2) is 0 Å². The van der Waals surface area contributed by atoms with E-state index in [1.807, 2.05) is 27.2 Å². The largest absolute Gasteiger partial charge is 0.472 e. The Morgan fingerprint density at radius 3 is 1.31 bits per heavy atom. The topological polar surface area (TPSA) is 105 Å². The van der Waals surface area contributed by atoms with Gasteiger partial charge in [-0.15, -0.1) is 0 Å². The number of nitrogens with one attached hydrogen (secondary N) is 1. The van der Waals surface area contributed by atoms with E-state index in [1.54, 1.807) is 6.08 Å². The van der Waals surface area contributed by atoms with Crippen molar-refractivity contribution in [2.75, 3.05) is 40.9 Å². The summed E-state index contributed by atoms with van der Waals surface area (Å²) in [7, 11) is 1.54. The van der Waals surface area contributed by atoms with E-state index in [9.17, 15) is 19.4 Å². The lowest BCUT2D eigenvalue weighted by atomic mass is 10.0. The van der Waals surface area contributed by atoms with Gasteiger partial charge in [-0.2, -0.15) is 0 Å². The summed E-state index contributed by atoms with van der Waals surface area (Å²) in [5, 5.41) is 13.9. The number of amides is 1. The van der Waals surface area contributed by atoms with E-state index in [-0.39, 0.29) is 19.1 Å². The number of hydrogen-bond acceptors (Lipinski definition) is 5. The second-order valence-corrected chi connectivity index (χ2v) is 22.1. The Hall–Kier alpha value is -2.32. The predicted octanol–water partition coefficient (Wildman–Crippen LogP) is 17.6. The summed E-state index contributed by atoms with van der Waals surface area (Å²) in [5.74, 6) is -0.199. The fourth-order valence-corrected chi connectivity index (χ4v) is 8.82. The normalized spacial score (nSPS) is 14.6. The minimum Gasteiger partial charge on any atom is -0.387 e. The Morgan fingerprint density at radius 2 is 0.871 bits per heavy atom. The van der Waals surface area contributed by atoms with Crippen LogP contribution in [0, 0.1) is 0 Å². The number of hydrogen-bond donors (Lipinski definition) is 3. The maximum Gasteiger partial charge on any atom is 0.472 e. The highest BCUT2D eigenvalue weighted by Crippen LogP contribution is 2.43. The van der Waals surface area contributed by atoms with Gasteiger partial charge in [0, 0.05) is 6.42 Å². The van der Waals surface area contributed by atoms with Crippen LogP contribution in [0.2, 0.25) is 0 Å². The lowest BCUT2D eigenvalue weighted by Crippen LogP contribution is -2.45. The molecule has 70 heavy (non-hydrogen) atoms. The summed E-state index contributed by atoms with van der Waals surface area (Å²) >= 11 is 0. The van der Waals surface area contributed by atoms with Crippen LogP contribution >= 0.6 is 7.82 Å². The van der Waals surface area contributed by atoms with Crippen LogP contribution in [0.15, 0.2) is 85.1 Å². The first-order valence-electron chi connectivity index (χ1n) is 29.0. The van der Waals surface area contributed by atoms with Gasteiger partial charge in [-0.05, 0) is 77.0 Å². The number of aliphatic hydroxyl groups excluding tert-OH is 1. The number of phosphoric ester groups is 1. The molecule has 0 heterocycles. The highest BCUT2D eigenvalue weighted by Gasteiger charge is 2.27. The molecule has 1 amide bonds. The number of aliphatic hydroxyl groups is 1. The summed E-state index contributed by atoms with van der Waals surface area (Å²) in [4.78, 5) is 23.3. The molecule has 3 N–H and O–H groups in total. The van der Waals surface area contributed by atoms with Gasteiger partial charge in [-0.1, -0.05) is 247 Å². The van der Waals surface area contributed by atoms with E-state index in [0.29, 0.717) is 17.4 Å². The molecule has 3 unspecified atom stereocenters. The highest BCUT2D eigenvalue weighted by atomic mass is 31.2. The zero-order valence-corrected chi connectivity index (χ0v) is 47.1. The average molecular weight is 1000 g/mol. The Labute approximate surface area is 433 Å². The van der Waals surface area contributed by atoms with Crippen LogP contribution in [0.5, 0.6) is 0 Å². The molecule has 0 fully saturated rings. The van der Waals surface area contributed by atoms with Crippen molar-refractivity contribution in [1.29, 1.82) is 0 Å². The number of carbonyl (C=O) groups is 1. The summed E-state index contributed by atoms with van der Waals surface area (Å²) in [6.45, 7) is 4.68. The van der Waals surface area contributed by atoms with E-state index < -0.39 is 20.0 Å². The molecule has 0 aliphatic rings. The molecule has 0 saturated heterocycles. The zero-order valence-electron chi connectivity index (χ0n) is 46.2. The average Bonchev–Trinajstić information content (AvgIpc) is 3.32. The third-order valence-electron chi connectivity index (χ3n) is 12.6. The molecular weight excluding hydrogens is 888 g/mol. The van der Waals surface area contributed by atoms with Crippen LogP contribution in [0.1, 0.15) is 245 Å². The van der Waals surface area contributed by atoms with Crippen LogP contribution < -0.4 is 5.32 Å². The van der Waals surface area contributed by atoms with Crippen LogP contribution in [0.25, 0.3) is 0 Å². The Morgan fingerprint density at radius 1 is 0.500 bits per heavy atom. The fourth-order valence-electron chi connectivity index (χ4n) is 8.09. The number of likely N-dealkylation sites (N-methyl/N-ethyl adjacent to an activating group) is 1. The fraction of sp³-hybridized carbons (Fsp3) is 0.754. The maximum absolute atomic E-state index is 13.0. The molecule has 0 aromatic heterocycles. The van der Waals surface area contributed by atoms with E-state index in [4.69, 9.17) is 9.05 Å². The van der Waals surface area contributed by atoms with Gasteiger partial charge >= 0.3 is 7.82 Å². The third-order valence-corrected chi connectivity index (χ3v) is 13.6. The summed E-state index contributed by atoms with van der Waals surface area (Å²) < 4.78 is 23.7. The van der Waals surface area contributed by atoms with Crippen molar-refractivity contribution in [1.82, 2.24) is 5.32 Å². The maximum atomic E-state index is 13.0. The van der Waals surface area contributed by atoms with Gasteiger partial charge in [0.25, 0.3) is 0 Å². The van der Waals surface area contributed by atoms with Crippen LogP contribution in [0.4, 0.5) is 0 Å². The first-order chi connectivity index (χ1) is 34.0. The van der Waals surface area contributed by atoms with E-state index in [1.165, 1.54) is 141 Å². The molecule has 0 aliphatic carbocycles. The second kappa shape index (κ2) is 51.6. The molecule has 0 aliphatic heterocycles. The molecule has 406 valence electrons. The lowest BCUT2D eigenvalue weighted by Gasteiger charge is -2.25. The van der Waals surface area contributed by atoms with Gasteiger partial charge in [-0.3, -0.25) is 13.8 Å². The molecule has 0 radical (unpaired) electrons. The monoisotopic (exact) mass is 1000 g/mol. The summed E-state index contributed by atoms with van der Waals surface area (Å²) in [6.07, 6.45) is 72.6. The van der Waals surface area contributed by atoms with Gasteiger partial charge in [0.2, 0.25) is 5.91 Å². The van der Waals surface area contributed by atoms with Crippen molar-refractivity contribution < 1.29 is 32.9 Å². The van der Waals surface area contributed by atoms with Crippen LogP contribution in [-0.4, -0.2) is 73.4 Å². The van der Waals surface area contributed by atoms with Gasteiger partial charge in [0.1, 0.15) is 13.2 Å². The third kappa shape index (κ3) is 53.5. The first kappa shape index (κ1) is 67.7. The highest BCUT2D eigenvalue weighted by molar-refractivity contribution is 7.47. The molecule has 0 aromatic carbocycles. The minimum atomic E-state index is -4.36. The smallest absolute Gasteiger partial charge is 0.387 e. The van der Waals surface area contributed by atoms with Crippen molar-refractivity contribution in [3.8, 4) is 0 Å². The Bertz CT molecular complexity index is 1410. The second-order valence-electron chi connectivity index (χ2n) is 20.6. The van der Waals surface area contributed by atoms with Crippen molar-refractivity contribution in [3.05, 3.63) is 85.1 Å². The number of quaternary nitrogens is 1. The molecule has 3 atom stereocenters. The molecule has 9 heteroatoms. The van der Waals surface area contributed by atoms with Crippen molar-refractivity contribution in [2.45, 2.75) is 257 Å². The molecule has 0 spiro atoms. The van der Waals surface area contributed by atoms with Crippen molar-refractivity contribution >= 4 is 13.7 Å². The van der Waals surface area contributed by atoms with Crippen LogP contribution in [-0.2, 0) is 18.4 Å². The lowest BCUT2D eigenvalue weighted by molar-refractivity contribution is -0.870. The molecule has 0 rings (SSSR count). The summed E-state index contributed by atoms with van der Waals surface area (Å²) in [5.41, 5.74) is 0. The Balaban J connectivity index is 4.30. The number of nitrogens with zero attached hydrogens (tertiary/aromatic N) is 1. The predicted molar refractivity (Wildman–Crippen MR) is 304 cm³/mol. The number of rotatable bonds is 52. The minimum absolute atomic E-state index is 0.0497. The van der Waals surface area contributed by atoms with E-state index in [0.717, 1.165) is 83.5 Å². The summed E-state index contributed by atoms with van der Waals surface area (Å²) in [6, 6.07) is -0.876. The number of unbranched alkanes of at least 4 members (excludes halogenated alkanes) is 27. The molecule has 0 aromatic rings. The first-order valence-corrected chi connectivity index (χ1v) is 30.5. The molecule has 0 saturated carbocycles. The van der Waals surface area contributed by atoms with Crippen LogP contribution in [0.3, 0.4) is 0 Å². The zero-order chi connectivity index (χ0) is 51.3. The number of allylic oxidation sites excluding steroid dienone is 13. The quantitative estimate of drug-likeness (QED) is 0.0243. The van der Waals surface area contributed by atoms with E-state index in [2.05, 4.69) is 92.1 Å². The molecular formula is C61H112N2O6P+. The number of carbonyl (C=O) groups excluding carboxylic acids is 1. The van der Waals surface area contributed by atoms with Gasteiger partial charge < -0.3 is 19.8 Å². The molecule has 8 nitrogen and oxygen atoms in total.